The first kappa shape index (κ1) is 18.2. The molecule has 0 aliphatic carbocycles. The number of hydrogen-bond acceptors (Lipinski definition) is 4. The summed E-state index contributed by atoms with van der Waals surface area (Å²) in [7, 11) is 0. The first-order valence-electron chi connectivity index (χ1n) is 7.91. The highest BCUT2D eigenvalue weighted by molar-refractivity contribution is 5.96. The van der Waals surface area contributed by atoms with Gasteiger partial charge < -0.3 is 15.4 Å². The van der Waals surface area contributed by atoms with Gasteiger partial charge in [-0.2, -0.15) is 0 Å². The molecule has 0 radical (unpaired) electrons. The Hall–Kier alpha value is -3.15. The maximum atomic E-state index is 11.9. The Morgan fingerprint density at radius 3 is 2.32 bits per heavy atom. The Kier molecular flexibility index (Phi) is 6.28. The van der Waals surface area contributed by atoms with Crippen LogP contribution in [-0.2, 0) is 20.7 Å². The summed E-state index contributed by atoms with van der Waals surface area (Å²) in [6, 6.07) is 13.7. The van der Waals surface area contributed by atoms with E-state index in [-0.39, 0.29) is 12.5 Å². The minimum Gasteiger partial charge on any atom is -0.452 e. The predicted octanol–water partition coefficient (Wildman–Crippen LogP) is 3.00. The van der Waals surface area contributed by atoms with Crippen molar-refractivity contribution in [2.45, 2.75) is 20.3 Å². The maximum absolute atomic E-state index is 11.9. The Morgan fingerprint density at radius 2 is 1.68 bits per heavy atom. The average Bonchev–Trinajstić information content (AvgIpc) is 2.60. The lowest BCUT2D eigenvalue weighted by Gasteiger charge is -2.08. The van der Waals surface area contributed by atoms with Gasteiger partial charge in [0, 0.05) is 18.3 Å². The minimum atomic E-state index is -0.605. The van der Waals surface area contributed by atoms with Crippen LogP contribution in [0.4, 0.5) is 11.4 Å². The number of benzene rings is 2. The van der Waals surface area contributed by atoms with Gasteiger partial charge in [0.1, 0.15) is 0 Å². The molecule has 25 heavy (non-hydrogen) atoms. The van der Waals surface area contributed by atoms with Crippen molar-refractivity contribution in [3.05, 3.63) is 59.7 Å². The van der Waals surface area contributed by atoms with Crippen molar-refractivity contribution in [3.8, 4) is 0 Å². The molecule has 2 aromatic carbocycles. The van der Waals surface area contributed by atoms with Crippen LogP contribution in [0, 0.1) is 0 Å². The van der Waals surface area contributed by atoms with Crippen molar-refractivity contribution in [3.63, 3.8) is 0 Å². The van der Waals surface area contributed by atoms with Gasteiger partial charge in [0.15, 0.2) is 6.61 Å². The van der Waals surface area contributed by atoms with E-state index in [1.807, 2.05) is 25.1 Å². The number of nitrogens with one attached hydrogen (secondary N) is 2. The summed E-state index contributed by atoms with van der Waals surface area (Å²) >= 11 is 0. The summed E-state index contributed by atoms with van der Waals surface area (Å²) in [5, 5.41) is 5.29. The van der Waals surface area contributed by atoms with Gasteiger partial charge in [-0.3, -0.25) is 9.59 Å². The molecule has 6 heteroatoms. The second-order valence-electron chi connectivity index (χ2n) is 5.44. The lowest BCUT2D eigenvalue weighted by molar-refractivity contribution is -0.119. The fraction of sp³-hybridized carbons (Fsp3) is 0.211. The van der Waals surface area contributed by atoms with Gasteiger partial charge in [-0.1, -0.05) is 19.1 Å². The number of carbonyl (C=O) groups is 3. The SMILES string of the molecule is CCc1cccc(NC(=O)COC(=O)c2ccc(NC(C)=O)cc2)c1. The Labute approximate surface area is 146 Å². The van der Waals surface area contributed by atoms with E-state index in [0.29, 0.717) is 16.9 Å². The summed E-state index contributed by atoms with van der Waals surface area (Å²) < 4.78 is 5.00. The van der Waals surface area contributed by atoms with Crippen LogP contribution in [0.25, 0.3) is 0 Å². The van der Waals surface area contributed by atoms with Gasteiger partial charge in [-0.25, -0.2) is 4.79 Å². The first-order valence-corrected chi connectivity index (χ1v) is 7.91. The molecule has 0 atom stereocenters. The molecule has 0 heterocycles. The lowest BCUT2D eigenvalue weighted by atomic mass is 10.1. The number of anilines is 2. The molecule has 0 aliphatic heterocycles. The standard InChI is InChI=1S/C19H20N2O4/c1-3-14-5-4-6-17(11-14)21-18(23)12-25-19(24)15-7-9-16(10-8-15)20-13(2)22/h4-11H,3,12H2,1-2H3,(H,20,22)(H,21,23). The van der Waals surface area contributed by atoms with Crippen LogP contribution < -0.4 is 10.6 Å². The third-order valence-corrected chi connectivity index (χ3v) is 3.39. The normalized spacial score (nSPS) is 10.0. The molecule has 0 aromatic heterocycles. The zero-order valence-electron chi connectivity index (χ0n) is 14.2. The third kappa shape index (κ3) is 5.76. The highest BCUT2D eigenvalue weighted by Gasteiger charge is 2.10. The second-order valence-corrected chi connectivity index (χ2v) is 5.44. The van der Waals surface area contributed by atoms with E-state index in [1.54, 1.807) is 18.2 Å². The molecular formula is C19H20N2O4. The zero-order valence-corrected chi connectivity index (χ0v) is 14.2. The number of hydrogen-bond donors (Lipinski definition) is 2. The van der Waals surface area contributed by atoms with E-state index in [9.17, 15) is 14.4 Å². The van der Waals surface area contributed by atoms with Gasteiger partial charge in [-0.05, 0) is 48.4 Å². The molecular weight excluding hydrogens is 320 g/mol. The number of rotatable bonds is 6. The second kappa shape index (κ2) is 8.63. The van der Waals surface area contributed by atoms with Crippen LogP contribution in [0.2, 0.25) is 0 Å². The van der Waals surface area contributed by atoms with Crippen LogP contribution in [0.3, 0.4) is 0 Å². The summed E-state index contributed by atoms with van der Waals surface area (Å²) in [5.41, 5.74) is 2.65. The van der Waals surface area contributed by atoms with E-state index in [1.165, 1.54) is 19.1 Å². The molecule has 0 spiro atoms. The molecule has 2 rings (SSSR count). The Morgan fingerprint density at radius 1 is 0.960 bits per heavy atom. The van der Waals surface area contributed by atoms with E-state index < -0.39 is 11.9 Å². The number of esters is 1. The quantitative estimate of drug-likeness (QED) is 0.792. The molecule has 6 nitrogen and oxygen atoms in total. The summed E-state index contributed by atoms with van der Waals surface area (Å²) in [5.74, 6) is -1.21. The molecule has 0 fully saturated rings. The third-order valence-electron chi connectivity index (χ3n) is 3.39. The van der Waals surface area contributed by atoms with Gasteiger partial charge in [0.2, 0.25) is 5.91 Å². The molecule has 130 valence electrons. The van der Waals surface area contributed by atoms with E-state index in [0.717, 1.165) is 12.0 Å². The van der Waals surface area contributed by atoms with Crippen molar-refractivity contribution in [2.75, 3.05) is 17.2 Å². The monoisotopic (exact) mass is 340 g/mol. The highest BCUT2D eigenvalue weighted by atomic mass is 16.5. The van der Waals surface area contributed by atoms with Crippen LogP contribution >= 0.6 is 0 Å². The topological polar surface area (TPSA) is 84.5 Å². The Bertz CT molecular complexity index is 769. The number of amides is 2. The van der Waals surface area contributed by atoms with Crippen molar-refractivity contribution >= 4 is 29.2 Å². The van der Waals surface area contributed by atoms with Crippen molar-refractivity contribution < 1.29 is 19.1 Å². The Balaban J connectivity index is 1.86. The molecule has 0 saturated carbocycles. The maximum Gasteiger partial charge on any atom is 0.338 e. The predicted molar refractivity (Wildman–Crippen MR) is 95.5 cm³/mol. The lowest BCUT2D eigenvalue weighted by Crippen LogP contribution is -2.21. The molecule has 2 N–H and O–H groups in total. The molecule has 2 aromatic rings. The molecule has 0 bridgehead atoms. The smallest absolute Gasteiger partial charge is 0.338 e. The molecule has 2 amide bonds. The minimum absolute atomic E-state index is 0.195. The van der Waals surface area contributed by atoms with Crippen molar-refractivity contribution in [1.82, 2.24) is 0 Å². The molecule has 0 saturated heterocycles. The van der Waals surface area contributed by atoms with Crippen LogP contribution in [-0.4, -0.2) is 24.4 Å². The average molecular weight is 340 g/mol. The van der Waals surface area contributed by atoms with Crippen LogP contribution in [0.5, 0.6) is 0 Å². The summed E-state index contributed by atoms with van der Waals surface area (Å²) in [4.78, 5) is 34.8. The fourth-order valence-corrected chi connectivity index (χ4v) is 2.17. The van der Waals surface area contributed by atoms with E-state index in [4.69, 9.17) is 4.74 Å². The fourth-order valence-electron chi connectivity index (χ4n) is 2.17. The summed E-state index contributed by atoms with van der Waals surface area (Å²) in [6.45, 7) is 3.06. The summed E-state index contributed by atoms with van der Waals surface area (Å²) in [6.07, 6.45) is 0.868. The van der Waals surface area contributed by atoms with Crippen LogP contribution in [0.15, 0.2) is 48.5 Å². The number of ether oxygens (including phenoxy) is 1. The van der Waals surface area contributed by atoms with Gasteiger partial charge in [-0.15, -0.1) is 0 Å². The number of carbonyl (C=O) groups excluding carboxylic acids is 3. The largest absolute Gasteiger partial charge is 0.452 e. The highest BCUT2D eigenvalue weighted by Crippen LogP contribution is 2.12. The zero-order chi connectivity index (χ0) is 18.2. The van der Waals surface area contributed by atoms with Crippen molar-refractivity contribution in [1.29, 1.82) is 0 Å². The van der Waals surface area contributed by atoms with Gasteiger partial charge in [0.05, 0.1) is 5.56 Å². The molecule has 0 aliphatic rings. The van der Waals surface area contributed by atoms with Gasteiger partial charge in [0.25, 0.3) is 5.91 Å². The van der Waals surface area contributed by atoms with E-state index in [2.05, 4.69) is 10.6 Å². The first-order chi connectivity index (χ1) is 12.0. The van der Waals surface area contributed by atoms with E-state index >= 15 is 0 Å². The van der Waals surface area contributed by atoms with Crippen molar-refractivity contribution in [2.24, 2.45) is 0 Å². The molecule has 0 unspecified atom stereocenters. The number of aryl methyl sites for hydroxylation is 1. The van der Waals surface area contributed by atoms with Gasteiger partial charge >= 0.3 is 5.97 Å². The van der Waals surface area contributed by atoms with Crippen LogP contribution in [0.1, 0.15) is 29.8 Å².